The van der Waals surface area contributed by atoms with Crippen LogP contribution in [0.25, 0.3) is 0 Å². The largest absolute Gasteiger partial charge is 0.373 e. The standard InChI is InChI=1S/C16H24ClN3O/c1-11(2)12-5-4-7-20(8-6-12)16(21)13-9-15(18-3)19-10-14(13)17/h9-12H,4-8H2,1-3H3,(H,18,19). The van der Waals surface area contributed by atoms with Crippen LogP contribution in [0.2, 0.25) is 5.02 Å². The molecular weight excluding hydrogens is 286 g/mol. The highest BCUT2D eigenvalue weighted by atomic mass is 35.5. The summed E-state index contributed by atoms with van der Waals surface area (Å²) in [6, 6.07) is 1.73. The summed E-state index contributed by atoms with van der Waals surface area (Å²) in [7, 11) is 1.78. The van der Waals surface area contributed by atoms with Gasteiger partial charge in [0.2, 0.25) is 0 Å². The zero-order valence-corrected chi connectivity index (χ0v) is 13.8. The fourth-order valence-electron chi connectivity index (χ4n) is 2.90. The zero-order valence-electron chi connectivity index (χ0n) is 13.0. The molecule has 2 rings (SSSR count). The van der Waals surface area contributed by atoms with E-state index in [4.69, 9.17) is 11.6 Å². The number of amides is 1. The predicted molar refractivity (Wildman–Crippen MR) is 86.9 cm³/mol. The van der Waals surface area contributed by atoms with Crippen molar-refractivity contribution in [2.45, 2.75) is 33.1 Å². The maximum atomic E-state index is 12.7. The average Bonchev–Trinajstić information content (AvgIpc) is 2.73. The van der Waals surface area contributed by atoms with Crippen LogP contribution in [0.4, 0.5) is 5.82 Å². The number of nitrogens with zero attached hydrogens (tertiary/aromatic N) is 2. The Kier molecular flexibility index (Phi) is 5.45. The highest BCUT2D eigenvalue weighted by Gasteiger charge is 2.24. The van der Waals surface area contributed by atoms with E-state index in [9.17, 15) is 4.79 Å². The minimum absolute atomic E-state index is 0.0170. The van der Waals surface area contributed by atoms with Gasteiger partial charge in [0.1, 0.15) is 5.82 Å². The van der Waals surface area contributed by atoms with Crippen LogP contribution < -0.4 is 5.32 Å². The number of hydrogen-bond donors (Lipinski definition) is 1. The van der Waals surface area contributed by atoms with Crippen molar-refractivity contribution in [3.05, 3.63) is 22.8 Å². The molecule has 0 spiro atoms. The van der Waals surface area contributed by atoms with Crippen LogP contribution in [0.1, 0.15) is 43.5 Å². The quantitative estimate of drug-likeness (QED) is 0.926. The fraction of sp³-hybridized carbons (Fsp3) is 0.625. The predicted octanol–water partition coefficient (Wildman–Crippen LogP) is 3.68. The number of halogens is 1. The fourth-order valence-corrected chi connectivity index (χ4v) is 3.09. The molecule has 1 aromatic heterocycles. The molecule has 0 bridgehead atoms. The van der Waals surface area contributed by atoms with Gasteiger partial charge in [-0.3, -0.25) is 4.79 Å². The number of anilines is 1. The van der Waals surface area contributed by atoms with Crippen LogP contribution in [-0.2, 0) is 0 Å². The second-order valence-corrected chi connectivity index (χ2v) is 6.43. The van der Waals surface area contributed by atoms with E-state index >= 15 is 0 Å². The Hall–Kier alpha value is -1.29. The van der Waals surface area contributed by atoms with E-state index in [0.29, 0.717) is 28.2 Å². The molecule has 4 nitrogen and oxygen atoms in total. The minimum atomic E-state index is 0.0170. The molecule has 0 saturated carbocycles. The van der Waals surface area contributed by atoms with Crippen LogP contribution in [0, 0.1) is 11.8 Å². The van der Waals surface area contributed by atoms with Gasteiger partial charge in [-0.1, -0.05) is 25.4 Å². The van der Waals surface area contributed by atoms with Crippen molar-refractivity contribution in [2.24, 2.45) is 11.8 Å². The van der Waals surface area contributed by atoms with E-state index in [1.165, 1.54) is 12.6 Å². The molecule has 116 valence electrons. The molecule has 0 aromatic carbocycles. The molecule has 1 aliphatic heterocycles. The van der Waals surface area contributed by atoms with Gasteiger partial charge in [0.25, 0.3) is 5.91 Å². The van der Waals surface area contributed by atoms with Gasteiger partial charge >= 0.3 is 0 Å². The van der Waals surface area contributed by atoms with Crippen molar-refractivity contribution in [3.8, 4) is 0 Å². The van der Waals surface area contributed by atoms with E-state index in [2.05, 4.69) is 24.1 Å². The van der Waals surface area contributed by atoms with Crippen molar-refractivity contribution in [2.75, 3.05) is 25.5 Å². The number of rotatable bonds is 3. The van der Waals surface area contributed by atoms with Crippen LogP contribution in [-0.4, -0.2) is 35.9 Å². The second-order valence-electron chi connectivity index (χ2n) is 6.03. The summed E-state index contributed by atoms with van der Waals surface area (Å²) in [5.41, 5.74) is 0.541. The molecule has 1 aliphatic rings. The smallest absolute Gasteiger partial charge is 0.255 e. The van der Waals surface area contributed by atoms with Gasteiger partial charge in [-0.05, 0) is 37.2 Å². The summed E-state index contributed by atoms with van der Waals surface area (Å²) in [6.07, 6.45) is 4.88. The van der Waals surface area contributed by atoms with E-state index in [1.807, 2.05) is 4.90 Å². The highest BCUT2D eigenvalue weighted by Crippen LogP contribution is 2.26. The Morgan fingerprint density at radius 2 is 2.19 bits per heavy atom. The van der Waals surface area contributed by atoms with Crippen LogP contribution in [0.3, 0.4) is 0 Å². The molecule has 1 amide bonds. The second kappa shape index (κ2) is 7.12. The zero-order chi connectivity index (χ0) is 15.4. The van der Waals surface area contributed by atoms with Gasteiger partial charge in [-0.15, -0.1) is 0 Å². The number of aromatic nitrogens is 1. The van der Waals surface area contributed by atoms with Gasteiger partial charge in [0.15, 0.2) is 0 Å². The van der Waals surface area contributed by atoms with Crippen molar-refractivity contribution in [1.82, 2.24) is 9.88 Å². The summed E-state index contributed by atoms with van der Waals surface area (Å²) >= 11 is 6.15. The molecule has 0 radical (unpaired) electrons. The lowest BCUT2D eigenvalue weighted by atomic mass is 9.89. The number of carbonyl (C=O) groups excluding carboxylic acids is 1. The molecule has 1 saturated heterocycles. The van der Waals surface area contributed by atoms with E-state index in [0.717, 1.165) is 25.9 Å². The normalized spacial score (nSPS) is 19.5. The third-order valence-electron chi connectivity index (χ3n) is 4.34. The Morgan fingerprint density at radius 1 is 1.43 bits per heavy atom. The maximum absolute atomic E-state index is 12.7. The van der Waals surface area contributed by atoms with E-state index < -0.39 is 0 Å². The number of pyridine rings is 1. The molecule has 2 heterocycles. The van der Waals surface area contributed by atoms with Gasteiger partial charge in [-0.2, -0.15) is 0 Å². The first-order valence-corrected chi connectivity index (χ1v) is 8.03. The minimum Gasteiger partial charge on any atom is -0.373 e. The van der Waals surface area contributed by atoms with Crippen LogP contribution in [0.15, 0.2) is 12.3 Å². The van der Waals surface area contributed by atoms with E-state index in [-0.39, 0.29) is 5.91 Å². The topological polar surface area (TPSA) is 45.2 Å². The van der Waals surface area contributed by atoms with Gasteiger partial charge in [0, 0.05) is 26.3 Å². The molecule has 1 fully saturated rings. The highest BCUT2D eigenvalue weighted by molar-refractivity contribution is 6.33. The van der Waals surface area contributed by atoms with Crippen molar-refractivity contribution >= 4 is 23.3 Å². The molecule has 1 N–H and O–H groups in total. The van der Waals surface area contributed by atoms with E-state index in [1.54, 1.807) is 13.1 Å². The van der Waals surface area contributed by atoms with Gasteiger partial charge in [-0.25, -0.2) is 4.98 Å². The molecule has 1 unspecified atom stereocenters. The lowest BCUT2D eigenvalue weighted by Crippen LogP contribution is -2.32. The summed E-state index contributed by atoms with van der Waals surface area (Å²) in [4.78, 5) is 18.8. The first-order valence-electron chi connectivity index (χ1n) is 7.65. The molecule has 0 aliphatic carbocycles. The summed E-state index contributed by atoms with van der Waals surface area (Å²) < 4.78 is 0. The Balaban J connectivity index is 2.13. The molecular formula is C16H24ClN3O. The van der Waals surface area contributed by atoms with Crippen molar-refractivity contribution in [3.63, 3.8) is 0 Å². The number of hydrogen-bond acceptors (Lipinski definition) is 3. The lowest BCUT2D eigenvalue weighted by molar-refractivity contribution is 0.0759. The third-order valence-corrected chi connectivity index (χ3v) is 4.65. The molecule has 1 aromatic rings. The van der Waals surface area contributed by atoms with Crippen LogP contribution in [0.5, 0.6) is 0 Å². The summed E-state index contributed by atoms with van der Waals surface area (Å²) in [5.74, 6) is 2.07. The van der Waals surface area contributed by atoms with Crippen LogP contribution >= 0.6 is 11.6 Å². The monoisotopic (exact) mass is 309 g/mol. The Labute approximate surface area is 131 Å². The SMILES string of the molecule is CNc1cc(C(=O)N2CCCC(C(C)C)CC2)c(Cl)cn1. The van der Waals surface area contributed by atoms with Gasteiger partial charge < -0.3 is 10.2 Å². The number of nitrogens with one attached hydrogen (secondary N) is 1. The lowest BCUT2D eigenvalue weighted by Gasteiger charge is -2.22. The number of carbonyl (C=O) groups is 1. The maximum Gasteiger partial charge on any atom is 0.255 e. The average molecular weight is 310 g/mol. The van der Waals surface area contributed by atoms with Crippen molar-refractivity contribution < 1.29 is 4.79 Å². The third kappa shape index (κ3) is 3.88. The van der Waals surface area contributed by atoms with Gasteiger partial charge in [0.05, 0.1) is 10.6 Å². The van der Waals surface area contributed by atoms with Crippen molar-refractivity contribution in [1.29, 1.82) is 0 Å². The Bertz CT molecular complexity index is 504. The number of likely N-dealkylation sites (tertiary alicyclic amines) is 1. The molecule has 5 heteroatoms. The Morgan fingerprint density at radius 3 is 2.86 bits per heavy atom. The summed E-state index contributed by atoms with van der Waals surface area (Å²) in [5, 5.41) is 3.37. The first kappa shape index (κ1) is 16.1. The molecule has 1 atom stereocenters. The molecule has 21 heavy (non-hydrogen) atoms. The summed E-state index contributed by atoms with van der Waals surface area (Å²) in [6.45, 7) is 6.16. The first-order chi connectivity index (χ1) is 10.0.